The number of aliphatic hydroxyl groups is 2. The molecule has 0 amide bonds. The molecule has 11 nitrogen and oxygen atoms in total. The van der Waals surface area contributed by atoms with E-state index in [0.717, 1.165) is 5.56 Å². The molecule has 0 spiro atoms. The van der Waals surface area contributed by atoms with Crippen molar-refractivity contribution >= 4 is 17.7 Å². The largest absolute Gasteiger partial charge is 0.394 e. The molecule has 4 heterocycles. The van der Waals surface area contributed by atoms with Gasteiger partial charge in [0.05, 0.1) is 31.1 Å². The number of aliphatic hydroxyl groups excluding tert-OH is 2. The Morgan fingerprint density at radius 2 is 1.91 bits per heavy atom. The van der Waals surface area contributed by atoms with Crippen LogP contribution in [0.4, 0.5) is 17.7 Å². The molecule has 2 aromatic heterocycles. The van der Waals surface area contributed by atoms with Crippen LogP contribution in [0.5, 0.6) is 0 Å². The highest BCUT2D eigenvalue weighted by Gasteiger charge is 2.41. The van der Waals surface area contributed by atoms with Gasteiger partial charge in [0.1, 0.15) is 12.0 Å². The van der Waals surface area contributed by atoms with E-state index in [0.29, 0.717) is 63.3 Å². The van der Waals surface area contributed by atoms with Crippen molar-refractivity contribution in [3.8, 4) is 11.3 Å². The summed E-state index contributed by atoms with van der Waals surface area (Å²) in [6.45, 7) is 7.71. The van der Waals surface area contributed by atoms with Crippen LogP contribution >= 0.6 is 0 Å². The Morgan fingerprint density at radius 1 is 1.19 bits per heavy atom. The first-order valence-electron chi connectivity index (χ1n) is 11.0. The van der Waals surface area contributed by atoms with Crippen molar-refractivity contribution in [2.24, 2.45) is 5.92 Å². The number of morpholine rings is 1. The lowest BCUT2D eigenvalue weighted by atomic mass is 10.00. The Morgan fingerprint density at radius 3 is 2.56 bits per heavy atom. The van der Waals surface area contributed by atoms with Gasteiger partial charge < -0.3 is 30.9 Å². The van der Waals surface area contributed by atoms with Crippen LogP contribution < -0.4 is 16.0 Å². The van der Waals surface area contributed by atoms with Crippen molar-refractivity contribution in [2.75, 3.05) is 62.0 Å². The van der Waals surface area contributed by atoms with Crippen LogP contribution in [0.25, 0.3) is 11.3 Å². The molecule has 0 aromatic carbocycles. The van der Waals surface area contributed by atoms with Gasteiger partial charge in [-0.05, 0) is 12.3 Å². The minimum atomic E-state index is -0.610. The third-order valence-corrected chi connectivity index (χ3v) is 6.03. The van der Waals surface area contributed by atoms with E-state index in [4.69, 9.17) is 20.4 Å². The maximum Gasteiger partial charge on any atom is 0.228 e. The fourth-order valence-electron chi connectivity index (χ4n) is 4.12. The first-order valence-corrected chi connectivity index (χ1v) is 11.0. The molecule has 11 heteroatoms. The lowest BCUT2D eigenvalue weighted by Crippen LogP contribution is -2.47. The third kappa shape index (κ3) is 4.90. The lowest BCUT2D eigenvalue weighted by molar-refractivity contribution is -0.0191. The zero-order valence-electron chi connectivity index (χ0n) is 18.6. The van der Waals surface area contributed by atoms with E-state index in [1.165, 1.54) is 0 Å². The van der Waals surface area contributed by atoms with E-state index in [1.807, 2.05) is 24.8 Å². The van der Waals surface area contributed by atoms with E-state index < -0.39 is 11.8 Å². The van der Waals surface area contributed by atoms with Gasteiger partial charge in [0.25, 0.3) is 0 Å². The summed E-state index contributed by atoms with van der Waals surface area (Å²) in [5.41, 5.74) is 6.42. The summed E-state index contributed by atoms with van der Waals surface area (Å²) in [6.07, 6.45) is 3.40. The second kappa shape index (κ2) is 9.49. The van der Waals surface area contributed by atoms with Crippen LogP contribution in [-0.4, -0.2) is 92.8 Å². The van der Waals surface area contributed by atoms with Gasteiger partial charge in [0.2, 0.25) is 11.9 Å². The quantitative estimate of drug-likeness (QED) is 0.464. The molecular weight excluding hydrogens is 412 g/mol. The van der Waals surface area contributed by atoms with Crippen LogP contribution in [0.1, 0.15) is 20.3 Å². The summed E-state index contributed by atoms with van der Waals surface area (Å²) in [5.74, 6) is 1.48. The van der Waals surface area contributed by atoms with Gasteiger partial charge in [-0.1, -0.05) is 13.8 Å². The minimum absolute atomic E-state index is 0.0779. The summed E-state index contributed by atoms with van der Waals surface area (Å²) in [4.78, 5) is 21.7. The summed E-state index contributed by atoms with van der Waals surface area (Å²) >= 11 is 0. The SMILES string of the molecule is CC(C)C(O)N1CC[C@](CO)(Nc2cc(-c3cnc(N)nc3)nc(N3CCOCC3)n2)C1. The maximum absolute atomic E-state index is 10.5. The molecule has 5 N–H and O–H groups in total. The normalized spacial score (nSPS) is 23.0. The second-order valence-corrected chi connectivity index (χ2v) is 8.81. The highest BCUT2D eigenvalue weighted by Crippen LogP contribution is 2.30. The van der Waals surface area contributed by atoms with Crippen LogP contribution in [-0.2, 0) is 4.74 Å². The first-order chi connectivity index (χ1) is 15.4. The van der Waals surface area contributed by atoms with Crippen molar-refractivity contribution in [3.05, 3.63) is 18.5 Å². The van der Waals surface area contributed by atoms with Crippen LogP contribution in [0, 0.1) is 5.92 Å². The summed E-state index contributed by atoms with van der Waals surface area (Å²) in [6, 6.07) is 1.83. The van der Waals surface area contributed by atoms with Gasteiger partial charge in [-0.25, -0.2) is 15.0 Å². The predicted octanol–water partition coefficient (Wildman–Crippen LogP) is 0.176. The second-order valence-electron chi connectivity index (χ2n) is 8.81. The highest BCUT2D eigenvalue weighted by molar-refractivity contribution is 5.64. The van der Waals surface area contributed by atoms with Gasteiger partial charge in [0, 0.05) is 50.2 Å². The average molecular weight is 445 g/mol. The van der Waals surface area contributed by atoms with Gasteiger partial charge in [0.15, 0.2) is 0 Å². The van der Waals surface area contributed by atoms with Crippen LogP contribution in [0.15, 0.2) is 18.5 Å². The van der Waals surface area contributed by atoms with E-state index in [2.05, 4.69) is 20.2 Å². The lowest BCUT2D eigenvalue weighted by Gasteiger charge is -2.32. The van der Waals surface area contributed by atoms with Crippen LogP contribution in [0.2, 0.25) is 0 Å². The van der Waals surface area contributed by atoms with Gasteiger partial charge in [-0.2, -0.15) is 4.98 Å². The number of nitrogens with one attached hydrogen (secondary N) is 1. The number of hydrogen-bond donors (Lipinski definition) is 4. The Labute approximate surface area is 187 Å². The van der Waals surface area contributed by atoms with Crippen molar-refractivity contribution in [1.29, 1.82) is 0 Å². The topological polar surface area (TPSA) is 146 Å². The average Bonchev–Trinajstić information content (AvgIpc) is 3.23. The Kier molecular flexibility index (Phi) is 6.70. The minimum Gasteiger partial charge on any atom is -0.394 e. The Hall–Kier alpha value is -2.60. The predicted molar refractivity (Wildman–Crippen MR) is 121 cm³/mol. The molecule has 0 aliphatic carbocycles. The number of likely N-dealkylation sites (tertiary alicyclic amines) is 1. The van der Waals surface area contributed by atoms with E-state index in [9.17, 15) is 10.2 Å². The molecule has 32 heavy (non-hydrogen) atoms. The standard InChI is InChI=1S/C21H32N8O3/c1-14(2)18(31)29-4-3-21(12-29,13-30)27-17-9-16(15-10-23-19(22)24-11-15)25-20(26-17)28-5-7-32-8-6-28/h9-11,14,18,30-31H,3-8,12-13H2,1-2H3,(H2,22,23,24)(H,25,26,27)/t18?,21-/m0/s1. The summed E-state index contributed by atoms with van der Waals surface area (Å²) in [7, 11) is 0. The molecule has 0 radical (unpaired) electrons. The third-order valence-electron chi connectivity index (χ3n) is 6.03. The maximum atomic E-state index is 10.5. The molecule has 2 fully saturated rings. The van der Waals surface area contributed by atoms with Gasteiger partial charge in [-0.15, -0.1) is 0 Å². The number of ether oxygens (including phenoxy) is 1. The Bertz CT molecular complexity index is 906. The van der Waals surface area contributed by atoms with Crippen molar-refractivity contribution in [2.45, 2.75) is 32.0 Å². The molecule has 4 rings (SSSR count). The molecule has 1 unspecified atom stereocenters. The zero-order chi connectivity index (χ0) is 22.7. The zero-order valence-corrected chi connectivity index (χ0v) is 18.6. The smallest absolute Gasteiger partial charge is 0.228 e. The number of nitrogens with two attached hydrogens (primary N) is 1. The molecule has 2 aromatic rings. The number of hydrogen-bond acceptors (Lipinski definition) is 11. The first kappa shape index (κ1) is 22.6. The molecule has 0 bridgehead atoms. The van der Waals surface area contributed by atoms with Crippen molar-refractivity contribution in [3.63, 3.8) is 0 Å². The molecular formula is C21H32N8O3. The van der Waals surface area contributed by atoms with E-state index in [1.54, 1.807) is 12.4 Å². The number of nitrogens with zero attached hydrogens (tertiary/aromatic N) is 6. The van der Waals surface area contributed by atoms with Gasteiger partial charge in [-0.3, -0.25) is 4.90 Å². The summed E-state index contributed by atoms with van der Waals surface area (Å²) < 4.78 is 5.46. The number of aromatic nitrogens is 4. The monoisotopic (exact) mass is 444 g/mol. The fraction of sp³-hybridized carbons (Fsp3) is 0.619. The van der Waals surface area contributed by atoms with Crippen LogP contribution in [0.3, 0.4) is 0 Å². The van der Waals surface area contributed by atoms with Crippen molar-refractivity contribution < 1.29 is 14.9 Å². The van der Waals surface area contributed by atoms with E-state index >= 15 is 0 Å². The Balaban J connectivity index is 1.64. The number of anilines is 3. The molecule has 2 saturated heterocycles. The number of rotatable bonds is 7. The molecule has 2 aliphatic heterocycles. The van der Waals surface area contributed by atoms with Gasteiger partial charge >= 0.3 is 0 Å². The highest BCUT2D eigenvalue weighted by atomic mass is 16.5. The summed E-state index contributed by atoms with van der Waals surface area (Å²) in [5, 5.41) is 24.2. The number of nitrogen functional groups attached to an aromatic ring is 1. The fourth-order valence-corrected chi connectivity index (χ4v) is 4.12. The molecule has 174 valence electrons. The van der Waals surface area contributed by atoms with Crippen molar-refractivity contribution in [1.82, 2.24) is 24.8 Å². The van der Waals surface area contributed by atoms with E-state index in [-0.39, 0.29) is 18.5 Å². The molecule has 2 aliphatic rings. The molecule has 0 saturated carbocycles. The molecule has 2 atom stereocenters.